The van der Waals surface area contributed by atoms with Crippen molar-refractivity contribution < 1.29 is 4.74 Å². The number of rotatable bonds is 11. The third-order valence-electron chi connectivity index (χ3n) is 15.9. The average molecular weight is 997 g/mol. The zero-order chi connectivity index (χ0) is 53.3. The van der Waals surface area contributed by atoms with Gasteiger partial charge in [0.1, 0.15) is 24.0 Å². The Hall–Kier alpha value is -7.89. The number of hydrogen-bond donors (Lipinski definition) is 0. The minimum absolute atomic E-state index is 0.0457. The first-order valence-electron chi connectivity index (χ1n) is 27.3. The summed E-state index contributed by atoms with van der Waals surface area (Å²) in [5.41, 5.74) is 19.0. The summed E-state index contributed by atoms with van der Waals surface area (Å²) >= 11 is 0. The second-order valence-electron chi connectivity index (χ2n) is 24.2. The molecule has 0 saturated carbocycles. The highest BCUT2D eigenvalue weighted by Crippen LogP contribution is 2.50. The van der Waals surface area contributed by atoms with E-state index >= 15 is 0 Å². The van der Waals surface area contributed by atoms with Gasteiger partial charge >= 0.3 is 0 Å². The highest BCUT2D eigenvalue weighted by molar-refractivity contribution is 6.10. The van der Waals surface area contributed by atoms with Crippen LogP contribution >= 0.6 is 0 Å². The van der Waals surface area contributed by atoms with Crippen molar-refractivity contribution in [2.24, 2.45) is 0 Å². The standard InChI is InChI=1S/C71H72N4O/c1-46(2)59-27-20-28-60(47(3)4)68(59)50-30-34-64-66(38-50)73(55-26-19-25-53(39-55)71(11,12)51-23-17-14-18-24-51)45-74(64)56-40-54(70(8,9)10)41-58(43-56)76-57-31-32-61-62-37-49(48-21-15-13-16-22-48)29-33-63(62)75(65(61)44-57)67-42-52(35-36-72-67)69(5,6)7/h13-44,46-47H,45H2,1-12H3. The molecular formula is C71H72N4O. The van der Waals surface area contributed by atoms with Crippen molar-refractivity contribution in [3.8, 4) is 39.6 Å². The molecule has 0 aliphatic carbocycles. The third-order valence-corrected chi connectivity index (χ3v) is 15.9. The molecule has 5 nitrogen and oxygen atoms in total. The zero-order valence-electron chi connectivity index (χ0n) is 46.5. The van der Waals surface area contributed by atoms with Crippen LogP contribution in [0.15, 0.2) is 194 Å². The zero-order valence-corrected chi connectivity index (χ0v) is 46.5. The monoisotopic (exact) mass is 997 g/mol. The van der Waals surface area contributed by atoms with Crippen LogP contribution in [0, 0.1) is 0 Å². The van der Waals surface area contributed by atoms with Gasteiger partial charge in [0.25, 0.3) is 0 Å². The van der Waals surface area contributed by atoms with E-state index in [0.29, 0.717) is 18.5 Å². The quantitative estimate of drug-likeness (QED) is 0.129. The molecule has 0 atom stereocenters. The SMILES string of the molecule is CC(C)c1cccc(C(C)C)c1-c1ccc2c(c1)N(c1cccc(C(C)(C)c3ccccc3)c1)CN2c1cc(Oc2ccc3c4cc(-c5ccccc5)ccc4n(-c4cc(C(C)(C)C)ccn4)c3c2)cc(C(C)(C)C)c1. The number of nitrogens with zero attached hydrogens (tertiary/aromatic N) is 4. The van der Waals surface area contributed by atoms with Crippen LogP contribution in [0.3, 0.4) is 0 Å². The Kier molecular flexibility index (Phi) is 12.8. The minimum Gasteiger partial charge on any atom is -0.457 e. The number of aromatic nitrogens is 2. The van der Waals surface area contributed by atoms with E-state index in [1.807, 2.05) is 6.20 Å². The van der Waals surface area contributed by atoms with Gasteiger partial charge in [-0.3, -0.25) is 4.57 Å². The fourth-order valence-corrected chi connectivity index (χ4v) is 11.3. The first-order chi connectivity index (χ1) is 36.3. The molecule has 11 rings (SSSR count). The molecule has 1 aliphatic heterocycles. The number of hydrogen-bond acceptors (Lipinski definition) is 4. The van der Waals surface area contributed by atoms with E-state index in [2.05, 4.69) is 286 Å². The molecule has 2 aromatic heterocycles. The molecule has 0 fully saturated rings. The molecule has 382 valence electrons. The van der Waals surface area contributed by atoms with E-state index in [-0.39, 0.29) is 16.2 Å². The van der Waals surface area contributed by atoms with Gasteiger partial charge in [-0.2, -0.15) is 0 Å². The molecule has 76 heavy (non-hydrogen) atoms. The van der Waals surface area contributed by atoms with Gasteiger partial charge in [0.2, 0.25) is 0 Å². The van der Waals surface area contributed by atoms with Crippen molar-refractivity contribution in [3.63, 3.8) is 0 Å². The van der Waals surface area contributed by atoms with Crippen LogP contribution < -0.4 is 14.5 Å². The second-order valence-corrected chi connectivity index (χ2v) is 24.2. The van der Waals surface area contributed by atoms with Crippen LogP contribution in [-0.4, -0.2) is 16.2 Å². The van der Waals surface area contributed by atoms with Crippen molar-refractivity contribution >= 4 is 44.6 Å². The lowest BCUT2D eigenvalue weighted by molar-refractivity contribution is 0.479. The summed E-state index contributed by atoms with van der Waals surface area (Å²) in [6.07, 6.45) is 1.94. The van der Waals surface area contributed by atoms with Crippen LogP contribution in [-0.2, 0) is 16.2 Å². The average Bonchev–Trinajstić information content (AvgIpc) is 3.97. The normalized spacial score (nSPS) is 13.1. The van der Waals surface area contributed by atoms with Crippen molar-refractivity contribution in [2.45, 2.75) is 111 Å². The Bertz CT molecular complexity index is 3750. The topological polar surface area (TPSA) is 33.5 Å². The van der Waals surface area contributed by atoms with E-state index in [9.17, 15) is 0 Å². The first kappa shape index (κ1) is 50.3. The molecule has 5 heteroatoms. The lowest BCUT2D eigenvalue weighted by Gasteiger charge is -2.29. The fourth-order valence-electron chi connectivity index (χ4n) is 11.3. The molecular weight excluding hydrogens is 925 g/mol. The summed E-state index contributed by atoms with van der Waals surface area (Å²) in [6, 6.07) is 69.3. The molecule has 0 radical (unpaired) electrons. The Morgan fingerprint density at radius 2 is 1.08 bits per heavy atom. The Balaban J connectivity index is 1.05. The van der Waals surface area contributed by atoms with Gasteiger partial charge < -0.3 is 14.5 Å². The van der Waals surface area contributed by atoms with Crippen LogP contribution in [0.4, 0.5) is 22.7 Å². The number of benzene rings is 8. The molecule has 0 bridgehead atoms. The summed E-state index contributed by atoms with van der Waals surface area (Å²) in [6.45, 7) is 28.2. The largest absolute Gasteiger partial charge is 0.457 e. The number of anilines is 4. The third kappa shape index (κ3) is 9.35. The van der Waals surface area contributed by atoms with Gasteiger partial charge in [-0.05, 0) is 151 Å². The van der Waals surface area contributed by atoms with Crippen LogP contribution in [0.1, 0.15) is 128 Å². The van der Waals surface area contributed by atoms with E-state index in [1.54, 1.807) is 0 Å². The maximum absolute atomic E-state index is 7.15. The molecule has 0 N–H and O–H groups in total. The smallest absolute Gasteiger partial charge is 0.137 e. The lowest BCUT2D eigenvalue weighted by Crippen LogP contribution is -2.25. The molecule has 0 amide bonds. The summed E-state index contributed by atoms with van der Waals surface area (Å²) < 4.78 is 9.46. The molecule has 8 aromatic carbocycles. The molecule has 0 unspecified atom stereocenters. The van der Waals surface area contributed by atoms with E-state index in [4.69, 9.17) is 9.72 Å². The molecule has 0 saturated heterocycles. The summed E-state index contributed by atoms with van der Waals surface area (Å²) in [7, 11) is 0. The van der Waals surface area contributed by atoms with Gasteiger partial charge in [0.15, 0.2) is 0 Å². The lowest BCUT2D eigenvalue weighted by atomic mass is 9.78. The van der Waals surface area contributed by atoms with E-state index in [0.717, 1.165) is 50.8 Å². The highest BCUT2D eigenvalue weighted by Gasteiger charge is 2.33. The summed E-state index contributed by atoms with van der Waals surface area (Å²) in [4.78, 5) is 10.0. The van der Waals surface area contributed by atoms with Crippen LogP contribution in [0.2, 0.25) is 0 Å². The van der Waals surface area contributed by atoms with E-state index in [1.165, 1.54) is 66.7 Å². The van der Waals surface area contributed by atoms with Gasteiger partial charge in [-0.15, -0.1) is 0 Å². The van der Waals surface area contributed by atoms with Gasteiger partial charge in [0.05, 0.1) is 22.4 Å². The predicted octanol–water partition coefficient (Wildman–Crippen LogP) is 19.7. The minimum atomic E-state index is -0.202. The summed E-state index contributed by atoms with van der Waals surface area (Å²) in [5.74, 6) is 3.19. The first-order valence-corrected chi connectivity index (χ1v) is 27.3. The Labute approximate surface area is 451 Å². The second kappa shape index (κ2) is 19.4. The maximum Gasteiger partial charge on any atom is 0.137 e. The van der Waals surface area contributed by atoms with Crippen molar-refractivity contribution in [1.82, 2.24) is 9.55 Å². The van der Waals surface area contributed by atoms with Gasteiger partial charge in [0, 0.05) is 45.9 Å². The van der Waals surface area contributed by atoms with Gasteiger partial charge in [-0.1, -0.05) is 186 Å². The van der Waals surface area contributed by atoms with E-state index < -0.39 is 0 Å². The van der Waals surface area contributed by atoms with Crippen molar-refractivity contribution in [3.05, 3.63) is 228 Å². The van der Waals surface area contributed by atoms with Crippen LogP contribution in [0.5, 0.6) is 11.5 Å². The number of ether oxygens (including phenoxy) is 1. The maximum atomic E-state index is 7.15. The Morgan fingerprint density at radius 3 is 1.78 bits per heavy atom. The van der Waals surface area contributed by atoms with Crippen LogP contribution in [0.25, 0.3) is 49.9 Å². The highest BCUT2D eigenvalue weighted by atomic mass is 16.5. The number of pyridine rings is 1. The Morgan fingerprint density at radius 1 is 0.434 bits per heavy atom. The number of fused-ring (bicyclic) bond motifs is 4. The molecule has 3 heterocycles. The fraction of sp³-hybridized carbons (Fsp3) is 0.254. The molecule has 1 aliphatic rings. The van der Waals surface area contributed by atoms with Gasteiger partial charge in [-0.25, -0.2) is 4.98 Å². The van der Waals surface area contributed by atoms with Crippen molar-refractivity contribution in [1.29, 1.82) is 0 Å². The predicted molar refractivity (Wildman–Crippen MR) is 322 cm³/mol. The molecule has 10 aromatic rings. The molecule has 0 spiro atoms. The van der Waals surface area contributed by atoms with Crippen molar-refractivity contribution in [2.75, 3.05) is 16.5 Å². The summed E-state index contributed by atoms with van der Waals surface area (Å²) in [5, 5.41) is 2.32.